The minimum atomic E-state index is 0. The predicted octanol–water partition coefficient (Wildman–Crippen LogP) is 3.12. The zero-order chi connectivity index (χ0) is 16.5. The Morgan fingerprint density at radius 2 is 1.74 bits per heavy atom. The van der Waals surface area contributed by atoms with E-state index in [1.165, 1.54) is 5.56 Å². The monoisotopic (exact) mass is 435 g/mol. The average molecular weight is 435 g/mol. The summed E-state index contributed by atoms with van der Waals surface area (Å²) in [6.07, 6.45) is 1.98. The molecule has 0 amide bonds. The first kappa shape index (κ1) is 21.8. The standard InChI is InChI=1S/C17H29N3O2.HI/c1-7-22-16-13-14(10-11-15(16)21-6)9-8-12-18-17(19(2)3)20(4)5;/h10-11,13H,7-9,12H2,1-6H3;1H. The lowest BCUT2D eigenvalue weighted by molar-refractivity contribution is 0.310. The molecule has 23 heavy (non-hydrogen) atoms. The lowest BCUT2D eigenvalue weighted by Gasteiger charge is -2.22. The van der Waals surface area contributed by atoms with Gasteiger partial charge in [0, 0.05) is 34.7 Å². The van der Waals surface area contributed by atoms with Gasteiger partial charge in [-0.05, 0) is 37.5 Å². The van der Waals surface area contributed by atoms with Crippen molar-refractivity contribution in [3.8, 4) is 11.5 Å². The number of aliphatic imine (C=N–C) groups is 1. The fraction of sp³-hybridized carbons (Fsp3) is 0.588. The summed E-state index contributed by atoms with van der Waals surface area (Å²) in [7, 11) is 9.71. The number of rotatable bonds is 7. The molecule has 0 fully saturated rings. The Morgan fingerprint density at radius 1 is 1.09 bits per heavy atom. The summed E-state index contributed by atoms with van der Waals surface area (Å²) in [4.78, 5) is 8.70. The van der Waals surface area contributed by atoms with Gasteiger partial charge >= 0.3 is 0 Å². The Hall–Kier alpha value is -1.18. The normalized spacial score (nSPS) is 9.65. The van der Waals surface area contributed by atoms with E-state index < -0.39 is 0 Å². The van der Waals surface area contributed by atoms with Crippen molar-refractivity contribution in [2.45, 2.75) is 19.8 Å². The van der Waals surface area contributed by atoms with E-state index in [1.54, 1.807) is 7.11 Å². The molecular weight excluding hydrogens is 405 g/mol. The van der Waals surface area contributed by atoms with Gasteiger partial charge in [-0.1, -0.05) is 6.07 Å². The van der Waals surface area contributed by atoms with Crippen LogP contribution in [-0.4, -0.2) is 64.2 Å². The Bertz CT molecular complexity index is 481. The van der Waals surface area contributed by atoms with E-state index in [1.807, 2.05) is 51.0 Å². The number of guanidine groups is 1. The number of hydrogen-bond acceptors (Lipinski definition) is 3. The highest BCUT2D eigenvalue weighted by molar-refractivity contribution is 14.0. The van der Waals surface area contributed by atoms with Crippen molar-refractivity contribution >= 4 is 29.9 Å². The van der Waals surface area contributed by atoms with Gasteiger partial charge in [0.2, 0.25) is 0 Å². The number of ether oxygens (including phenoxy) is 2. The van der Waals surface area contributed by atoms with Crippen molar-refractivity contribution in [3.63, 3.8) is 0 Å². The second-order valence-corrected chi connectivity index (χ2v) is 5.49. The first-order valence-electron chi connectivity index (χ1n) is 7.68. The van der Waals surface area contributed by atoms with E-state index in [0.29, 0.717) is 6.61 Å². The van der Waals surface area contributed by atoms with Crippen molar-refractivity contribution in [1.82, 2.24) is 9.80 Å². The van der Waals surface area contributed by atoms with Crippen LogP contribution < -0.4 is 9.47 Å². The molecule has 0 saturated heterocycles. The average Bonchev–Trinajstić information content (AvgIpc) is 2.47. The molecule has 1 aromatic rings. The molecule has 1 rings (SSSR count). The molecule has 132 valence electrons. The highest BCUT2D eigenvalue weighted by Gasteiger charge is 2.06. The smallest absolute Gasteiger partial charge is 0.195 e. The summed E-state index contributed by atoms with van der Waals surface area (Å²) in [5, 5.41) is 0. The van der Waals surface area contributed by atoms with E-state index in [2.05, 4.69) is 17.1 Å². The van der Waals surface area contributed by atoms with Crippen LogP contribution in [0.3, 0.4) is 0 Å². The molecule has 0 atom stereocenters. The van der Waals surface area contributed by atoms with Crippen LogP contribution in [0.15, 0.2) is 23.2 Å². The van der Waals surface area contributed by atoms with Crippen LogP contribution in [0.5, 0.6) is 11.5 Å². The maximum absolute atomic E-state index is 5.61. The fourth-order valence-electron chi connectivity index (χ4n) is 2.29. The van der Waals surface area contributed by atoms with Crippen molar-refractivity contribution in [3.05, 3.63) is 23.8 Å². The van der Waals surface area contributed by atoms with Crippen LogP contribution in [0, 0.1) is 0 Å². The van der Waals surface area contributed by atoms with Crippen molar-refractivity contribution in [1.29, 1.82) is 0 Å². The lowest BCUT2D eigenvalue weighted by atomic mass is 10.1. The summed E-state index contributed by atoms with van der Waals surface area (Å²) in [5.41, 5.74) is 1.25. The van der Waals surface area contributed by atoms with Crippen LogP contribution in [-0.2, 0) is 6.42 Å². The van der Waals surface area contributed by atoms with Gasteiger partial charge in [-0.3, -0.25) is 4.99 Å². The first-order chi connectivity index (χ1) is 10.5. The summed E-state index contributed by atoms with van der Waals surface area (Å²) in [5.74, 6) is 2.59. The molecule has 0 aliphatic heterocycles. The minimum Gasteiger partial charge on any atom is -0.493 e. The molecule has 0 radical (unpaired) electrons. The van der Waals surface area contributed by atoms with Crippen LogP contribution in [0.25, 0.3) is 0 Å². The largest absolute Gasteiger partial charge is 0.493 e. The van der Waals surface area contributed by atoms with Crippen LogP contribution in [0.4, 0.5) is 0 Å². The quantitative estimate of drug-likeness (QED) is 0.286. The Morgan fingerprint density at radius 3 is 2.26 bits per heavy atom. The number of benzene rings is 1. The van der Waals surface area contributed by atoms with Crippen molar-refractivity contribution in [2.75, 3.05) is 48.5 Å². The number of hydrogen-bond donors (Lipinski definition) is 0. The maximum atomic E-state index is 5.61. The summed E-state index contributed by atoms with van der Waals surface area (Å²) in [6.45, 7) is 3.42. The first-order valence-corrected chi connectivity index (χ1v) is 7.68. The van der Waals surface area contributed by atoms with Crippen molar-refractivity contribution in [2.24, 2.45) is 4.99 Å². The van der Waals surface area contributed by atoms with E-state index >= 15 is 0 Å². The topological polar surface area (TPSA) is 37.3 Å². The fourth-order valence-corrected chi connectivity index (χ4v) is 2.29. The summed E-state index contributed by atoms with van der Waals surface area (Å²) in [6, 6.07) is 6.11. The molecule has 0 aromatic heterocycles. The van der Waals surface area contributed by atoms with Crippen molar-refractivity contribution < 1.29 is 9.47 Å². The number of aryl methyl sites for hydroxylation is 1. The molecule has 0 saturated carbocycles. The molecule has 0 spiro atoms. The van der Waals surface area contributed by atoms with E-state index in [0.717, 1.165) is 36.8 Å². The molecule has 6 heteroatoms. The number of methoxy groups -OCH3 is 1. The molecule has 0 unspecified atom stereocenters. The van der Waals surface area contributed by atoms with Gasteiger partial charge in [0.15, 0.2) is 17.5 Å². The minimum absolute atomic E-state index is 0. The zero-order valence-electron chi connectivity index (χ0n) is 15.1. The molecule has 0 aliphatic carbocycles. The second-order valence-electron chi connectivity index (χ2n) is 5.49. The Labute approximate surface area is 157 Å². The van der Waals surface area contributed by atoms with Gasteiger partial charge in [-0.15, -0.1) is 24.0 Å². The van der Waals surface area contributed by atoms with Crippen LogP contribution in [0.2, 0.25) is 0 Å². The van der Waals surface area contributed by atoms with Gasteiger partial charge in [-0.25, -0.2) is 0 Å². The van der Waals surface area contributed by atoms with Crippen LogP contribution >= 0.6 is 24.0 Å². The highest BCUT2D eigenvalue weighted by atomic mass is 127. The molecule has 5 nitrogen and oxygen atoms in total. The van der Waals surface area contributed by atoms with Gasteiger partial charge in [0.25, 0.3) is 0 Å². The third-order valence-electron chi connectivity index (χ3n) is 3.20. The van der Waals surface area contributed by atoms with E-state index in [9.17, 15) is 0 Å². The number of halogens is 1. The maximum Gasteiger partial charge on any atom is 0.195 e. The van der Waals surface area contributed by atoms with Gasteiger partial charge in [0.05, 0.1) is 13.7 Å². The Kier molecular flexibility index (Phi) is 10.8. The molecule has 1 aromatic carbocycles. The van der Waals surface area contributed by atoms with Crippen LogP contribution in [0.1, 0.15) is 18.9 Å². The highest BCUT2D eigenvalue weighted by Crippen LogP contribution is 2.28. The molecule has 0 bridgehead atoms. The molecule has 0 heterocycles. The second kappa shape index (κ2) is 11.4. The van der Waals surface area contributed by atoms with E-state index in [-0.39, 0.29) is 24.0 Å². The number of nitrogens with zero attached hydrogens (tertiary/aromatic N) is 3. The molecular formula is C17H30IN3O2. The third-order valence-corrected chi connectivity index (χ3v) is 3.20. The third kappa shape index (κ3) is 7.28. The van der Waals surface area contributed by atoms with Gasteiger partial charge in [0.1, 0.15) is 0 Å². The van der Waals surface area contributed by atoms with E-state index in [4.69, 9.17) is 9.47 Å². The van der Waals surface area contributed by atoms with Gasteiger partial charge in [-0.2, -0.15) is 0 Å². The summed E-state index contributed by atoms with van der Waals surface area (Å²) >= 11 is 0. The lowest BCUT2D eigenvalue weighted by Crippen LogP contribution is -2.35. The zero-order valence-corrected chi connectivity index (χ0v) is 17.5. The molecule has 0 aliphatic rings. The predicted molar refractivity (Wildman–Crippen MR) is 108 cm³/mol. The summed E-state index contributed by atoms with van der Waals surface area (Å²) < 4.78 is 10.9. The molecule has 0 N–H and O–H groups in total. The van der Waals surface area contributed by atoms with Gasteiger partial charge < -0.3 is 19.3 Å². The SMILES string of the molecule is CCOc1cc(CCCN=C(N(C)C)N(C)C)ccc1OC.I. The Balaban J connectivity index is 0.00000484.